The zero-order valence-corrected chi connectivity index (χ0v) is 37.4. The quantitative estimate of drug-likeness (QED) is 0.198. The Morgan fingerprint density at radius 1 is 0.833 bits per heavy atom. The lowest BCUT2D eigenvalue weighted by Gasteiger charge is -2.43. The lowest BCUT2D eigenvalue weighted by Crippen LogP contribution is -2.52. The van der Waals surface area contributed by atoms with Gasteiger partial charge in [0, 0.05) is 94.9 Å². The normalized spacial score (nSPS) is 21.5. The Bertz CT molecular complexity index is 2700. The maximum absolute atomic E-state index is 14.6. The number of amides is 3. The number of aromatic nitrogens is 5. The summed E-state index contributed by atoms with van der Waals surface area (Å²) < 4.78 is 48.1. The van der Waals surface area contributed by atoms with Crippen molar-refractivity contribution in [2.45, 2.75) is 82.7 Å². The van der Waals surface area contributed by atoms with E-state index >= 15 is 0 Å². The summed E-state index contributed by atoms with van der Waals surface area (Å²) in [5.41, 5.74) is 2.89. The second kappa shape index (κ2) is 17.8. The van der Waals surface area contributed by atoms with Crippen LogP contribution in [-0.4, -0.2) is 132 Å². The number of benzene rings is 2. The number of imide groups is 1. The molecule has 8 heterocycles. The zero-order chi connectivity index (χ0) is 45.9. The fourth-order valence-corrected chi connectivity index (χ4v) is 11.0. The van der Waals surface area contributed by atoms with Crippen molar-refractivity contribution in [1.29, 1.82) is 0 Å². The van der Waals surface area contributed by atoms with Crippen molar-refractivity contribution in [3.8, 4) is 5.69 Å². The second-order valence-electron chi connectivity index (χ2n) is 18.9. The summed E-state index contributed by atoms with van der Waals surface area (Å²) in [5.74, 6) is 0.372. The molecule has 1 unspecified atom stereocenters. The molecule has 3 amide bonds. The van der Waals surface area contributed by atoms with Crippen molar-refractivity contribution in [2.75, 3.05) is 63.8 Å². The van der Waals surface area contributed by atoms with E-state index < -0.39 is 29.4 Å². The number of likely N-dealkylation sites (tertiary alicyclic amines) is 2. The van der Waals surface area contributed by atoms with E-state index in [2.05, 4.69) is 41.2 Å². The molecule has 10 rings (SSSR count). The largest absolute Gasteiger partial charge is 0.418 e. The number of fused-ring (bicyclic) bond motifs is 2. The van der Waals surface area contributed by atoms with Gasteiger partial charge in [0.2, 0.25) is 11.8 Å². The van der Waals surface area contributed by atoms with Gasteiger partial charge < -0.3 is 19.3 Å². The predicted molar refractivity (Wildman–Crippen MR) is 240 cm³/mol. The lowest BCUT2D eigenvalue weighted by atomic mass is 9.92. The fourth-order valence-electron chi connectivity index (χ4n) is 11.0. The number of hydrogen-bond acceptors (Lipinski definition) is 10. The maximum Gasteiger partial charge on any atom is 0.418 e. The molecular formula is C48H56F3N11O4. The van der Waals surface area contributed by atoms with Crippen LogP contribution in [0.2, 0.25) is 0 Å². The van der Waals surface area contributed by atoms with Crippen LogP contribution in [0.1, 0.15) is 89.8 Å². The molecule has 0 radical (unpaired) electrons. The summed E-state index contributed by atoms with van der Waals surface area (Å²) in [6.45, 7) is 11.1. The van der Waals surface area contributed by atoms with Gasteiger partial charge in [0.1, 0.15) is 18.2 Å². The third-order valence-electron chi connectivity index (χ3n) is 14.8. The van der Waals surface area contributed by atoms with E-state index in [1.807, 2.05) is 42.8 Å². The smallest absolute Gasteiger partial charge is 0.369 e. The zero-order valence-electron chi connectivity index (χ0n) is 37.4. The number of alkyl halides is 3. The van der Waals surface area contributed by atoms with Gasteiger partial charge in [0.15, 0.2) is 0 Å². The number of piperidine rings is 3. The Kier molecular flexibility index (Phi) is 11.8. The molecule has 5 aliphatic rings. The third-order valence-corrected chi connectivity index (χ3v) is 14.8. The number of pyridine rings is 1. The third kappa shape index (κ3) is 8.65. The number of piperazine rings is 1. The summed E-state index contributed by atoms with van der Waals surface area (Å²) >= 11 is 0. The highest BCUT2D eigenvalue weighted by molar-refractivity contribution is 6.05. The van der Waals surface area contributed by atoms with Crippen molar-refractivity contribution in [3.05, 3.63) is 111 Å². The lowest BCUT2D eigenvalue weighted by molar-refractivity contribution is -0.137. The molecule has 18 heteroatoms. The average molecular weight is 908 g/mol. The van der Waals surface area contributed by atoms with Crippen molar-refractivity contribution in [3.63, 3.8) is 0 Å². The van der Waals surface area contributed by atoms with Crippen LogP contribution in [0.3, 0.4) is 0 Å². The van der Waals surface area contributed by atoms with E-state index in [4.69, 9.17) is 0 Å². The number of anilines is 1. The standard InChI is InChI=1S/C48H56F3N11O4/c1-31(44-54-52-30-55(44)2)34-4-3-5-38(23-34)60-29-42-40(48(49,50)51)22-33(27-62(42)47(60)66)26-56-14-12-36(13-15-56)58-16-10-32(11-17-58)25-57-18-20-59(21-19-57)37-6-7-39-35(24-37)28-61(46(39)65)41-8-9-43(63)53-45(41)64/h3-7,22-24,27,29-32,36,41H,8-21,25-26,28H2,1-2H3,(H,53,63,64)/t31-,41?/m1/s1. The van der Waals surface area contributed by atoms with Crippen molar-refractivity contribution in [2.24, 2.45) is 13.0 Å². The van der Waals surface area contributed by atoms with Gasteiger partial charge >= 0.3 is 11.9 Å². The maximum atomic E-state index is 14.6. The fraction of sp³-hybridized carbons (Fsp3) is 0.500. The summed E-state index contributed by atoms with van der Waals surface area (Å²) in [6, 6.07) is 14.3. The Morgan fingerprint density at radius 3 is 2.32 bits per heavy atom. The van der Waals surface area contributed by atoms with E-state index in [0.717, 1.165) is 112 Å². The number of nitrogens with zero attached hydrogens (tertiary/aromatic N) is 10. The number of carbonyl (C=O) groups excluding carboxylic acids is 3. The van der Waals surface area contributed by atoms with Crippen molar-refractivity contribution in [1.82, 2.24) is 48.6 Å². The number of aryl methyl sites for hydroxylation is 1. The molecule has 0 aliphatic carbocycles. The highest BCUT2D eigenvalue weighted by atomic mass is 19.4. The van der Waals surface area contributed by atoms with Crippen LogP contribution in [0.25, 0.3) is 11.2 Å². The van der Waals surface area contributed by atoms with Crippen LogP contribution in [-0.2, 0) is 35.9 Å². The molecule has 0 bridgehead atoms. The van der Waals surface area contributed by atoms with Gasteiger partial charge in [-0.2, -0.15) is 13.2 Å². The number of halogens is 3. The minimum absolute atomic E-state index is 0.149. The van der Waals surface area contributed by atoms with E-state index in [1.165, 1.54) is 16.8 Å². The first-order valence-electron chi connectivity index (χ1n) is 23.3. The molecule has 348 valence electrons. The molecule has 0 spiro atoms. The molecule has 4 saturated heterocycles. The summed E-state index contributed by atoms with van der Waals surface area (Å²) in [7, 11) is 1.85. The minimum Gasteiger partial charge on any atom is -0.369 e. The van der Waals surface area contributed by atoms with E-state index in [0.29, 0.717) is 48.3 Å². The summed E-state index contributed by atoms with van der Waals surface area (Å²) in [4.78, 5) is 62.5. The number of hydrogen-bond donors (Lipinski definition) is 1. The van der Waals surface area contributed by atoms with Crippen LogP contribution >= 0.6 is 0 Å². The van der Waals surface area contributed by atoms with Gasteiger partial charge in [-0.25, -0.2) is 4.79 Å². The highest BCUT2D eigenvalue weighted by Gasteiger charge is 2.40. The number of carbonyl (C=O) groups is 3. The van der Waals surface area contributed by atoms with Crippen LogP contribution in [0, 0.1) is 5.92 Å². The van der Waals surface area contributed by atoms with Crippen molar-refractivity contribution >= 4 is 28.9 Å². The van der Waals surface area contributed by atoms with Crippen LogP contribution < -0.4 is 15.9 Å². The van der Waals surface area contributed by atoms with E-state index in [-0.39, 0.29) is 29.7 Å². The first-order valence-corrected chi connectivity index (χ1v) is 23.3. The van der Waals surface area contributed by atoms with Crippen molar-refractivity contribution < 1.29 is 27.6 Å². The number of rotatable bonds is 10. The Morgan fingerprint density at radius 2 is 1.61 bits per heavy atom. The predicted octanol–water partition coefficient (Wildman–Crippen LogP) is 4.65. The van der Waals surface area contributed by atoms with Crippen LogP contribution in [0.5, 0.6) is 0 Å². The monoisotopic (exact) mass is 907 g/mol. The molecule has 2 aromatic carbocycles. The molecule has 2 atom stereocenters. The molecule has 1 N–H and O–H groups in total. The highest BCUT2D eigenvalue weighted by Crippen LogP contribution is 2.35. The first-order chi connectivity index (χ1) is 31.8. The molecule has 15 nitrogen and oxygen atoms in total. The van der Waals surface area contributed by atoms with Crippen LogP contribution in [0.4, 0.5) is 18.9 Å². The Balaban J connectivity index is 0.703. The SMILES string of the molecule is C[C@H](c1cccc(-n2cc3c(C(F)(F)F)cc(CN4CCC(N5CCC(CN6CCN(c7ccc8c(c7)CN(C7CCC(=O)NC7=O)C8=O)CC6)CC5)CC4)cn3c2=O)c1)c1nncn1C. The van der Waals surface area contributed by atoms with Gasteiger partial charge in [-0.1, -0.05) is 19.1 Å². The molecule has 0 saturated carbocycles. The van der Waals surface area contributed by atoms with Gasteiger partial charge in [0.25, 0.3) is 5.91 Å². The molecule has 5 aliphatic heterocycles. The Labute approximate surface area is 380 Å². The molecule has 3 aromatic heterocycles. The second-order valence-corrected chi connectivity index (χ2v) is 18.9. The number of imidazole rings is 1. The molecule has 66 heavy (non-hydrogen) atoms. The van der Waals surface area contributed by atoms with E-state index in [9.17, 15) is 32.3 Å². The first kappa shape index (κ1) is 44.0. The molecule has 5 aromatic rings. The summed E-state index contributed by atoms with van der Waals surface area (Å²) in [6.07, 6.45) is 4.60. The molecular weight excluding hydrogens is 852 g/mol. The topological polar surface area (TPSA) is 137 Å². The Hall–Kier alpha value is -5.85. The van der Waals surface area contributed by atoms with Gasteiger partial charge in [-0.3, -0.25) is 38.5 Å². The van der Waals surface area contributed by atoms with Gasteiger partial charge in [-0.15, -0.1) is 10.2 Å². The van der Waals surface area contributed by atoms with E-state index in [1.54, 1.807) is 29.6 Å². The molecule has 4 fully saturated rings. The number of nitrogens with one attached hydrogen (secondary N) is 1. The van der Waals surface area contributed by atoms with Crippen LogP contribution in [0.15, 0.2) is 72.0 Å². The average Bonchev–Trinajstić information content (AvgIpc) is 4.00. The van der Waals surface area contributed by atoms with Gasteiger partial charge in [-0.05, 0) is 117 Å². The van der Waals surface area contributed by atoms with Gasteiger partial charge in [0.05, 0.1) is 16.8 Å². The summed E-state index contributed by atoms with van der Waals surface area (Å²) in [5, 5.41) is 10.5. The minimum atomic E-state index is -4.65.